The van der Waals surface area contributed by atoms with Crippen molar-refractivity contribution in [1.82, 2.24) is 23.8 Å². The highest BCUT2D eigenvalue weighted by atomic mass is 32.2. The van der Waals surface area contributed by atoms with Crippen molar-refractivity contribution >= 4 is 16.9 Å². The molecule has 5 rings (SSSR count). The van der Waals surface area contributed by atoms with Gasteiger partial charge in [-0.2, -0.15) is 4.98 Å². The number of hydrogen-bond donors (Lipinski definition) is 1. The summed E-state index contributed by atoms with van der Waals surface area (Å²) >= 11 is 0. The smallest absolute Gasteiger partial charge is 0.297 e. The van der Waals surface area contributed by atoms with Crippen molar-refractivity contribution in [2.45, 2.75) is 25.4 Å². The van der Waals surface area contributed by atoms with E-state index in [0.29, 0.717) is 30.8 Å². The molecule has 162 valence electrons. The van der Waals surface area contributed by atoms with Gasteiger partial charge in [0.15, 0.2) is 0 Å². The van der Waals surface area contributed by atoms with Gasteiger partial charge in [-0.25, -0.2) is 22.9 Å². The summed E-state index contributed by atoms with van der Waals surface area (Å²) in [5, 5.41) is 3.42. The number of imidazole rings is 1. The normalized spacial score (nSPS) is 17.9. The van der Waals surface area contributed by atoms with E-state index in [4.69, 9.17) is 9.72 Å². The van der Waals surface area contributed by atoms with Gasteiger partial charge in [-0.3, -0.25) is 4.57 Å². The van der Waals surface area contributed by atoms with E-state index in [1.807, 2.05) is 14.9 Å². The number of benzene rings is 1. The number of nitrogens with one attached hydrogen (secondary N) is 1. The molecule has 10 heteroatoms. The quantitative estimate of drug-likeness (QED) is 0.654. The average molecular weight is 443 g/mol. The molecule has 1 aromatic carbocycles. The number of fused-ring (bicyclic) bond motifs is 1. The fourth-order valence-corrected chi connectivity index (χ4v) is 4.77. The average Bonchev–Trinajstić information content (AvgIpc) is 3.36. The lowest BCUT2D eigenvalue weighted by Gasteiger charge is -2.30. The molecule has 2 aliphatic heterocycles. The molecule has 2 aromatic heterocycles. The van der Waals surface area contributed by atoms with Crippen LogP contribution in [0.3, 0.4) is 0 Å². The molecule has 1 atom stereocenters. The summed E-state index contributed by atoms with van der Waals surface area (Å²) in [6.07, 6.45) is 5.20. The van der Waals surface area contributed by atoms with Crippen molar-refractivity contribution in [3.05, 3.63) is 42.3 Å². The van der Waals surface area contributed by atoms with E-state index in [1.165, 1.54) is 12.1 Å². The fraction of sp³-hybridized carbons (Fsp3) is 0.381. The predicted octanol–water partition coefficient (Wildman–Crippen LogP) is 2.71. The van der Waals surface area contributed by atoms with Crippen LogP contribution in [-0.4, -0.2) is 60.0 Å². The molecule has 1 unspecified atom stereocenters. The first-order valence-corrected chi connectivity index (χ1v) is 11.8. The van der Waals surface area contributed by atoms with Gasteiger partial charge in [0.05, 0.1) is 28.9 Å². The van der Waals surface area contributed by atoms with Crippen LogP contribution < -0.4 is 10.1 Å². The van der Waals surface area contributed by atoms with Crippen LogP contribution in [0, 0.1) is 5.82 Å². The van der Waals surface area contributed by atoms with Gasteiger partial charge in [0.2, 0.25) is 5.95 Å². The van der Waals surface area contributed by atoms with Crippen LogP contribution in [0.2, 0.25) is 0 Å². The summed E-state index contributed by atoms with van der Waals surface area (Å²) in [5.74, 6) is 0.257. The molecular weight excluding hydrogens is 419 g/mol. The van der Waals surface area contributed by atoms with Gasteiger partial charge in [-0.1, -0.05) is 0 Å². The molecule has 0 amide bonds. The lowest BCUT2D eigenvalue weighted by atomic mass is 10.1. The maximum atomic E-state index is 13.4. The van der Waals surface area contributed by atoms with E-state index in [9.17, 15) is 8.60 Å². The molecule has 0 bridgehead atoms. The second-order valence-electron chi connectivity index (χ2n) is 7.64. The summed E-state index contributed by atoms with van der Waals surface area (Å²) in [4.78, 5) is 13.8. The molecule has 0 saturated carbocycles. The van der Waals surface area contributed by atoms with Crippen LogP contribution in [0.5, 0.6) is 6.01 Å². The zero-order valence-corrected chi connectivity index (χ0v) is 17.9. The topological polar surface area (TPSA) is 85.2 Å². The minimum absolute atomic E-state index is 0.228. The Bertz CT molecular complexity index is 1110. The van der Waals surface area contributed by atoms with Gasteiger partial charge in [0, 0.05) is 37.1 Å². The SMILES string of the molecule is CS(=O)N1CCC(Nc2nccc(-c3c(-c4ccc(F)cc4)nc4n3CCO4)n2)CC1. The van der Waals surface area contributed by atoms with Gasteiger partial charge < -0.3 is 10.1 Å². The van der Waals surface area contributed by atoms with Crippen molar-refractivity contribution < 1.29 is 13.3 Å². The number of rotatable bonds is 5. The summed E-state index contributed by atoms with van der Waals surface area (Å²) < 4.78 is 34.7. The van der Waals surface area contributed by atoms with Crippen LogP contribution in [0.1, 0.15) is 12.8 Å². The number of aromatic nitrogens is 4. The zero-order valence-electron chi connectivity index (χ0n) is 17.1. The summed E-state index contributed by atoms with van der Waals surface area (Å²) in [6, 6.07) is 8.89. The lowest BCUT2D eigenvalue weighted by Crippen LogP contribution is -2.39. The number of nitrogens with zero attached hydrogens (tertiary/aromatic N) is 5. The van der Waals surface area contributed by atoms with Crippen molar-refractivity contribution in [2.75, 3.05) is 31.3 Å². The largest absolute Gasteiger partial charge is 0.463 e. The molecule has 0 spiro atoms. The minimum Gasteiger partial charge on any atom is -0.463 e. The molecule has 3 aromatic rings. The third-order valence-corrected chi connectivity index (χ3v) is 6.74. The first kappa shape index (κ1) is 20.1. The standard InChI is InChI=1S/C21H23FN6O2S/c1-31(29)27-10-7-16(8-11-27)24-20-23-9-6-17(25-20)19-18(14-2-4-15(22)5-3-14)26-21-28(19)12-13-30-21/h2-6,9,16H,7-8,10-13H2,1H3,(H,23,24,25). The third kappa shape index (κ3) is 4.05. The van der Waals surface area contributed by atoms with Crippen molar-refractivity contribution in [3.63, 3.8) is 0 Å². The maximum absolute atomic E-state index is 13.4. The number of ether oxygens (including phenoxy) is 1. The van der Waals surface area contributed by atoms with Crippen LogP contribution in [-0.2, 0) is 17.5 Å². The molecule has 1 saturated heterocycles. The van der Waals surface area contributed by atoms with Gasteiger partial charge in [-0.15, -0.1) is 0 Å². The molecule has 0 radical (unpaired) electrons. The number of anilines is 1. The van der Waals surface area contributed by atoms with Crippen LogP contribution in [0.4, 0.5) is 10.3 Å². The lowest BCUT2D eigenvalue weighted by molar-refractivity contribution is 0.345. The van der Waals surface area contributed by atoms with Crippen molar-refractivity contribution in [1.29, 1.82) is 0 Å². The molecule has 31 heavy (non-hydrogen) atoms. The zero-order chi connectivity index (χ0) is 21.4. The Kier molecular flexibility index (Phi) is 5.41. The molecule has 0 aliphatic carbocycles. The highest BCUT2D eigenvalue weighted by Crippen LogP contribution is 2.36. The highest BCUT2D eigenvalue weighted by molar-refractivity contribution is 7.81. The Morgan fingerprint density at radius 3 is 2.65 bits per heavy atom. The van der Waals surface area contributed by atoms with Gasteiger partial charge >= 0.3 is 0 Å². The molecule has 1 N–H and O–H groups in total. The monoisotopic (exact) mass is 442 g/mol. The van der Waals surface area contributed by atoms with E-state index in [2.05, 4.69) is 15.3 Å². The highest BCUT2D eigenvalue weighted by Gasteiger charge is 2.26. The third-order valence-electron chi connectivity index (χ3n) is 5.65. The molecule has 2 aliphatic rings. The minimum atomic E-state index is -0.931. The Labute approximate surface area is 182 Å². The van der Waals surface area contributed by atoms with Crippen LogP contribution in [0.25, 0.3) is 22.6 Å². The Hall–Kier alpha value is -2.85. The van der Waals surface area contributed by atoms with E-state index in [0.717, 1.165) is 42.9 Å². The fourth-order valence-electron chi connectivity index (χ4n) is 4.05. The predicted molar refractivity (Wildman–Crippen MR) is 116 cm³/mol. The molecular formula is C21H23FN6O2S. The summed E-state index contributed by atoms with van der Waals surface area (Å²) in [7, 11) is -0.931. The first-order valence-electron chi connectivity index (χ1n) is 10.3. The number of hydrogen-bond acceptors (Lipinski definition) is 6. The summed E-state index contributed by atoms with van der Waals surface area (Å²) in [5.41, 5.74) is 3.07. The Morgan fingerprint density at radius 2 is 1.90 bits per heavy atom. The van der Waals surface area contributed by atoms with Crippen molar-refractivity contribution in [2.24, 2.45) is 0 Å². The first-order chi connectivity index (χ1) is 15.1. The molecule has 4 heterocycles. The van der Waals surface area contributed by atoms with E-state index < -0.39 is 11.0 Å². The van der Waals surface area contributed by atoms with E-state index in [-0.39, 0.29) is 11.9 Å². The van der Waals surface area contributed by atoms with E-state index in [1.54, 1.807) is 24.6 Å². The van der Waals surface area contributed by atoms with Gasteiger partial charge in [-0.05, 0) is 43.2 Å². The van der Waals surface area contributed by atoms with E-state index >= 15 is 0 Å². The molecule has 1 fully saturated rings. The second-order valence-corrected chi connectivity index (χ2v) is 9.00. The Morgan fingerprint density at radius 1 is 1.13 bits per heavy atom. The van der Waals surface area contributed by atoms with Gasteiger partial charge in [0.25, 0.3) is 6.01 Å². The van der Waals surface area contributed by atoms with Crippen LogP contribution in [0.15, 0.2) is 36.5 Å². The summed E-state index contributed by atoms with van der Waals surface area (Å²) in [6.45, 7) is 2.80. The number of halogens is 1. The van der Waals surface area contributed by atoms with Crippen LogP contribution >= 0.6 is 0 Å². The second kappa shape index (κ2) is 8.35. The maximum Gasteiger partial charge on any atom is 0.297 e. The Balaban J connectivity index is 1.44. The van der Waals surface area contributed by atoms with Gasteiger partial charge in [0.1, 0.15) is 18.1 Å². The number of piperidine rings is 1. The molecule has 8 nitrogen and oxygen atoms in total. The van der Waals surface area contributed by atoms with Crippen molar-refractivity contribution in [3.8, 4) is 28.7 Å².